The lowest BCUT2D eigenvalue weighted by Crippen LogP contribution is -2.46. The smallest absolute Gasteiger partial charge is 0.308 e. The highest BCUT2D eigenvalue weighted by Crippen LogP contribution is 2.31. The normalized spacial score (nSPS) is 22.2. The first kappa shape index (κ1) is 15.8. The first-order valence-electron chi connectivity index (χ1n) is 8.03. The van der Waals surface area contributed by atoms with Crippen LogP contribution in [-0.2, 0) is 9.53 Å². The van der Waals surface area contributed by atoms with E-state index in [1.807, 2.05) is 18.2 Å². The highest BCUT2D eigenvalue weighted by atomic mass is 35.5. The minimum atomic E-state index is -0.372. The molecule has 1 fully saturated rings. The summed E-state index contributed by atoms with van der Waals surface area (Å²) in [6.07, 6.45) is 0.278. The second-order valence-electron chi connectivity index (χ2n) is 6.07. The topological polar surface area (TPSA) is 59.0 Å². The molecule has 2 aromatic carbocycles. The Hall–Kier alpha value is -2.66. The number of carbonyl (C=O) groups excluding carboxylic acids is 2. The van der Waals surface area contributed by atoms with Crippen LogP contribution in [0.5, 0.6) is 0 Å². The Morgan fingerprint density at radius 1 is 1.08 bits per heavy atom. The fourth-order valence-electron chi connectivity index (χ4n) is 3.18. The van der Waals surface area contributed by atoms with Gasteiger partial charge < -0.3 is 4.74 Å². The van der Waals surface area contributed by atoms with E-state index < -0.39 is 0 Å². The average Bonchev–Trinajstić information content (AvgIpc) is 3.01. The van der Waals surface area contributed by atoms with Crippen molar-refractivity contribution >= 4 is 29.2 Å². The number of fused-ring (bicyclic) bond motifs is 1. The first-order valence-corrected chi connectivity index (χ1v) is 8.41. The second-order valence-corrected chi connectivity index (χ2v) is 6.51. The fourth-order valence-corrected chi connectivity index (χ4v) is 3.31. The van der Waals surface area contributed by atoms with Crippen molar-refractivity contribution in [1.29, 1.82) is 0 Å². The third-order valence-electron chi connectivity index (χ3n) is 4.43. The summed E-state index contributed by atoms with van der Waals surface area (Å²) in [6, 6.07) is 15.8. The quantitative estimate of drug-likeness (QED) is 0.778. The van der Waals surface area contributed by atoms with Gasteiger partial charge in [0.1, 0.15) is 12.1 Å². The van der Waals surface area contributed by atoms with Crippen molar-refractivity contribution in [3.05, 3.63) is 70.7 Å². The van der Waals surface area contributed by atoms with Gasteiger partial charge in [0.05, 0.1) is 12.1 Å². The summed E-state index contributed by atoms with van der Waals surface area (Å²) in [4.78, 5) is 24.7. The SMILES string of the molecule is O=C1C[C@@H]2[C@@H](CC(c3ccc(Cl)cc3)=NN2C(=O)c2ccccc2)O1. The largest absolute Gasteiger partial charge is 0.460 e. The highest BCUT2D eigenvalue weighted by molar-refractivity contribution is 6.30. The van der Waals surface area contributed by atoms with Crippen molar-refractivity contribution in [3.8, 4) is 0 Å². The van der Waals surface area contributed by atoms with E-state index in [9.17, 15) is 9.59 Å². The van der Waals surface area contributed by atoms with Gasteiger partial charge in [0.15, 0.2) is 0 Å². The van der Waals surface area contributed by atoms with Crippen LogP contribution in [0.15, 0.2) is 59.7 Å². The van der Waals surface area contributed by atoms with Crippen molar-refractivity contribution in [2.24, 2.45) is 5.10 Å². The van der Waals surface area contributed by atoms with Gasteiger partial charge in [-0.15, -0.1) is 0 Å². The number of hydrazone groups is 1. The van der Waals surface area contributed by atoms with Gasteiger partial charge in [-0.2, -0.15) is 5.10 Å². The van der Waals surface area contributed by atoms with Crippen LogP contribution in [0.2, 0.25) is 5.02 Å². The third-order valence-corrected chi connectivity index (χ3v) is 4.68. The van der Waals surface area contributed by atoms with Crippen LogP contribution in [0, 0.1) is 0 Å². The number of halogens is 1. The van der Waals surface area contributed by atoms with Crippen LogP contribution >= 0.6 is 11.6 Å². The molecule has 0 unspecified atom stereocenters. The van der Waals surface area contributed by atoms with Crippen molar-refractivity contribution in [3.63, 3.8) is 0 Å². The molecule has 1 amide bonds. The number of esters is 1. The predicted molar refractivity (Wildman–Crippen MR) is 93.5 cm³/mol. The number of hydrogen-bond acceptors (Lipinski definition) is 4. The molecule has 126 valence electrons. The Kier molecular flexibility index (Phi) is 4.01. The van der Waals surface area contributed by atoms with Crippen LogP contribution in [0.25, 0.3) is 0 Å². The Labute approximate surface area is 149 Å². The Bertz CT molecular complexity index is 849. The molecule has 0 aliphatic carbocycles. The molecule has 2 aliphatic heterocycles. The molecule has 4 rings (SSSR count). The summed E-state index contributed by atoms with van der Waals surface area (Å²) in [5.41, 5.74) is 2.09. The van der Waals surface area contributed by atoms with Gasteiger partial charge in [-0.25, -0.2) is 5.01 Å². The van der Waals surface area contributed by atoms with Crippen molar-refractivity contribution < 1.29 is 14.3 Å². The van der Waals surface area contributed by atoms with Gasteiger partial charge >= 0.3 is 5.97 Å². The summed E-state index contributed by atoms with van der Waals surface area (Å²) >= 11 is 5.94. The van der Waals surface area contributed by atoms with E-state index >= 15 is 0 Å². The summed E-state index contributed by atoms with van der Waals surface area (Å²) < 4.78 is 5.42. The number of amides is 1. The molecule has 1 saturated heterocycles. The van der Waals surface area contributed by atoms with E-state index in [1.165, 1.54) is 5.01 Å². The molecule has 5 nitrogen and oxygen atoms in total. The number of ether oxygens (including phenoxy) is 1. The van der Waals surface area contributed by atoms with E-state index in [-0.39, 0.29) is 30.4 Å². The molecule has 0 saturated carbocycles. The number of benzene rings is 2. The van der Waals surface area contributed by atoms with E-state index in [4.69, 9.17) is 16.3 Å². The van der Waals surface area contributed by atoms with Crippen LogP contribution in [0.1, 0.15) is 28.8 Å². The van der Waals surface area contributed by atoms with E-state index in [0.29, 0.717) is 22.7 Å². The van der Waals surface area contributed by atoms with Gasteiger partial charge in [-0.1, -0.05) is 41.9 Å². The van der Waals surface area contributed by atoms with E-state index in [1.54, 1.807) is 36.4 Å². The molecular weight excluding hydrogens is 340 g/mol. The maximum Gasteiger partial charge on any atom is 0.308 e. The Balaban J connectivity index is 1.73. The summed E-state index contributed by atoms with van der Waals surface area (Å²) in [6.45, 7) is 0. The zero-order valence-corrected chi connectivity index (χ0v) is 14.0. The minimum Gasteiger partial charge on any atom is -0.460 e. The van der Waals surface area contributed by atoms with Crippen LogP contribution < -0.4 is 0 Å². The molecule has 2 atom stereocenters. The highest BCUT2D eigenvalue weighted by Gasteiger charge is 2.45. The van der Waals surface area contributed by atoms with Crippen LogP contribution in [0.3, 0.4) is 0 Å². The third kappa shape index (κ3) is 3.03. The maximum absolute atomic E-state index is 12.9. The lowest BCUT2D eigenvalue weighted by molar-refractivity contribution is -0.141. The molecule has 0 radical (unpaired) electrons. The average molecular weight is 355 g/mol. The molecule has 2 heterocycles. The maximum atomic E-state index is 12.9. The summed E-state index contributed by atoms with van der Waals surface area (Å²) in [5, 5.41) is 6.59. The lowest BCUT2D eigenvalue weighted by atomic mass is 9.97. The van der Waals surface area contributed by atoms with Gasteiger partial charge in [0, 0.05) is 17.0 Å². The standard InChI is InChI=1S/C19H15ClN2O3/c20-14-8-6-12(7-9-14)15-10-17-16(11-18(23)25-17)22(21-15)19(24)13-4-2-1-3-5-13/h1-9,16-17H,10-11H2/t16-,17-/m1/s1. The molecule has 25 heavy (non-hydrogen) atoms. The Morgan fingerprint density at radius 2 is 1.80 bits per heavy atom. The number of nitrogens with zero attached hydrogens (tertiary/aromatic N) is 2. The van der Waals surface area contributed by atoms with Gasteiger partial charge in [0.2, 0.25) is 0 Å². The zero-order chi connectivity index (χ0) is 17.4. The second kappa shape index (κ2) is 6.33. The van der Waals surface area contributed by atoms with Gasteiger partial charge in [-0.3, -0.25) is 9.59 Å². The molecular formula is C19H15ClN2O3. The van der Waals surface area contributed by atoms with Crippen molar-refractivity contribution in [2.45, 2.75) is 25.0 Å². The molecule has 2 aliphatic rings. The summed E-state index contributed by atoms with van der Waals surface area (Å²) in [7, 11) is 0. The Morgan fingerprint density at radius 3 is 2.52 bits per heavy atom. The van der Waals surface area contributed by atoms with Crippen molar-refractivity contribution in [2.75, 3.05) is 0 Å². The number of hydrogen-bond donors (Lipinski definition) is 0. The molecule has 0 spiro atoms. The zero-order valence-electron chi connectivity index (χ0n) is 13.3. The monoisotopic (exact) mass is 354 g/mol. The van der Waals surface area contributed by atoms with Gasteiger partial charge in [0.25, 0.3) is 5.91 Å². The van der Waals surface area contributed by atoms with Crippen LogP contribution in [0.4, 0.5) is 0 Å². The molecule has 0 bridgehead atoms. The fraction of sp³-hybridized carbons (Fsp3) is 0.211. The van der Waals surface area contributed by atoms with Gasteiger partial charge in [-0.05, 0) is 29.8 Å². The molecule has 6 heteroatoms. The molecule has 0 N–H and O–H groups in total. The lowest BCUT2D eigenvalue weighted by Gasteiger charge is -2.32. The molecule has 0 aromatic heterocycles. The molecule has 2 aromatic rings. The minimum absolute atomic E-state index is 0.167. The predicted octanol–water partition coefficient (Wildman–Crippen LogP) is 3.27. The van der Waals surface area contributed by atoms with E-state index in [2.05, 4.69) is 5.10 Å². The first-order chi connectivity index (χ1) is 12.1. The van der Waals surface area contributed by atoms with E-state index in [0.717, 1.165) is 5.56 Å². The number of rotatable bonds is 2. The number of carbonyl (C=O) groups is 2. The van der Waals surface area contributed by atoms with Crippen molar-refractivity contribution in [1.82, 2.24) is 5.01 Å². The van der Waals surface area contributed by atoms with Crippen LogP contribution in [-0.4, -0.2) is 34.7 Å². The summed E-state index contributed by atoms with van der Waals surface area (Å²) in [5.74, 6) is -0.534.